The molecule has 1 aromatic carbocycles. The summed E-state index contributed by atoms with van der Waals surface area (Å²) in [5.41, 5.74) is 13.9. The first-order valence-corrected chi connectivity index (χ1v) is 7.88. The van der Waals surface area contributed by atoms with Gasteiger partial charge in [-0.3, -0.25) is 4.79 Å². The van der Waals surface area contributed by atoms with Crippen LogP contribution in [0.2, 0.25) is 0 Å². The van der Waals surface area contributed by atoms with E-state index in [1.165, 1.54) is 6.39 Å². The molecule has 132 valence electrons. The first-order valence-electron chi connectivity index (χ1n) is 7.88. The second-order valence-electron chi connectivity index (χ2n) is 5.48. The maximum atomic E-state index is 11.5. The molecule has 0 spiro atoms. The largest absolute Gasteiger partial charge is 0.451 e. The zero-order valence-corrected chi connectivity index (χ0v) is 14.2. The molecule has 2 heterocycles. The molecule has 0 aliphatic rings. The van der Waals surface area contributed by atoms with Gasteiger partial charge >= 0.3 is 0 Å². The predicted molar refractivity (Wildman–Crippen MR) is 98.5 cm³/mol. The predicted octanol–water partition coefficient (Wildman–Crippen LogP) is 2.52. The molecular formula is C18H18N6O2. The Morgan fingerprint density at radius 1 is 1.31 bits per heavy atom. The highest BCUT2D eigenvalue weighted by atomic mass is 16.3. The molecule has 0 fully saturated rings. The topological polar surface area (TPSA) is 124 Å². The Morgan fingerprint density at radius 2 is 2.15 bits per heavy atom. The Hall–Kier alpha value is -3.68. The van der Waals surface area contributed by atoms with Crippen LogP contribution in [-0.4, -0.2) is 20.9 Å². The van der Waals surface area contributed by atoms with E-state index in [0.29, 0.717) is 23.6 Å². The Bertz CT molecular complexity index is 937. The molecule has 8 heteroatoms. The number of aromatic nitrogens is 3. The minimum absolute atomic E-state index is 0.161. The van der Waals surface area contributed by atoms with Gasteiger partial charge in [-0.05, 0) is 36.8 Å². The van der Waals surface area contributed by atoms with Crippen LogP contribution in [-0.2, 0) is 6.54 Å². The third-order valence-electron chi connectivity index (χ3n) is 3.69. The second kappa shape index (κ2) is 7.47. The number of carbonyl (C=O) groups is 1. The molecule has 0 unspecified atom stereocenters. The van der Waals surface area contributed by atoms with E-state index in [9.17, 15) is 4.79 Å². The summed E-state index contributed by atoms with van der Waals surface area (Å²) >= 11 is 0. The van der Waals surface area contributed by atoms with Crippen LogP contribution in [0.4, 0.5) is 17.5 Å². The molecule has 3 aromatic rings. The third kappa shape index (κ3) is 3.69. The second-order valence-corrected chi connectivity index (χ2v) is 5.48. The van der Waals surface area contributed by atoms with Crippen molar-refractivity contribution in [3.8, 4) is 0 Å². The van der Waals surface area contributed by atoms with Crippen molar-refractivity contribution in [2.75, 3.05) is 10.6 Å². The normalized spacial score (nSPS) is 11.0. The summed E-state index contributed by atoms with van der Waals surface area (Å²) in [6.07, 6.45) is 8.28. The summed E-state index contributed by atoms with van der Waals surface area (Å²) in [5, 5.41) is 0. The van der Waals surface area contributed by atoms with Crippen molar-refractivity contribution in [1.82, 2.24) is 15.0 Å². The summed E-state index contributed by atoms with van der Waals surface area (Å²) in [6.45, 7) is 2.29. The lowest BCUT2D eigenvalue weighted by Crippen LogP contribution is -2.20. The van der Waals surface area contributed by atoms with Crippen LogP contribution in [0.3, 0.4) is 0 Å². The maximum Gasteiger partial charge on any atom is 0.248 e. The lowest BCUT2D eigenvalue weighted by Gasteiger charge is -2.25. The van der Waals surface area contributed by atoms with Gasteiger partial charge < -0.3 is 20.8 Å². The lowest BCUT2D eigenvalue weighted by molar-refractivity contribution is 0.100. The number of hydrogen-bond acceptors (Lipinski definition) is 7. The fourth-order valence-electron chi connectivity index (χ4n) is 2.55. The molecule has 2 aromatic heterocycles. The smallest absolute Gasteiger partial charge is 0.248 e. The minimum atomic E-state index is -0.489. The molecule has 4 N–H and O–H groups in total. The number of allylic oxidation sites excluding steroid dienone is 1. The Morgan fingerprint density at radius 3 is 2.81 bits per heavy atom. The number of nitrogens with two attached hydrogens (primary N) is 2. The van der Waals surface area contributed by atoms with E-state index in [1.807, 2.05) is 30.0 Å². The number of hydrogen-bond donors (Lipinski definition) is 2. The number of carbonyl (C=O) groups excluding carboxylic acids is 1. The molecule has 26 heavy (non-hydrogen) atoms. The standard InChI is InChI=1S/C18H18N6O2/c1-2-3-12-8-13(17(19)25)4-5-15(12)24(9-14-10-26-11-22-14)16-6-7-21-18(20)23-16/h2-8,10-11H,9H2,1H3,(H2,19,25)(H2,20,21,23)/b3-2+. The van der Waals surface area contributed by atoms with Gasteiger partial charge in [0.25, 0.3) is 0 Å². The number of oxazole rings is 1. The zero-order valence-electron chi connectivity index (χ0n) is 14.2. The summed E-state index contributed by atoms with van der Waals surface area (Å²) in [6, 6.07) is 6.97. The number of amides is 1. The fraction of sp³-hybridized carbons (Fsp3) is 0.111. The number of rotatable bonds is 6. The number of nitrogen functional groups attached to an aromatic ring is 1. The van der Waals surface area contributed by atoms with Crippen LogP contribution in [0.15, 0.2) is 53.6 Å². The molecule has 0 bridgehead atoms. The first kappa shape index (κ1) is 17.2. The van der Waals surface area contributed by atoms with Crippen molar-refractivity contribution < 1.29 is 9.21 Å². The van der Waals surface area contributed by atoms with Crippen molar-refractivity contribution >= 4 is 29.4 Å². The molecule has 0 saturated carbocycles. The van der Waals surface area contributed by atoms with Crippen molar-refractivity contribution in [3.05, 3.63) is 66.0 Å². The number of nitrogens with zero attached hydrogens (tertiary/aromatic N) is 4. The third-order valence-corrected chi connectivity index (χ3v) is 3.69. The van der Waals surface area contributed by atoms with E-state index in [4.69, 9.17) is 15.9 Å². The van der Waals surface area contributed by atoms with Gasteiger partial charge in [-0.1, -0.05) is 12.2 Å². The number of anilines is 3. The Labute approximate surface area is 150 Å². The van der Waals surface area contributed by atoms with E-state index in [2.05, 4.69) is 15.0 Å². The van der Waals surface area contributed by atoms with Crippen LogP contribution < -0.4 is 16.4 Å². The van der Waals surface area contributed by atoms with Gasteiger partial charge in [0.1, 0.15) is 12.1 Å². The molecule has 0 aliphatic heterocycles. The van der Waals surface area contributed by atoms with E-state index in [0.717, 1.165) is 11.3 Å². The van der Waals surface area contributed by atoms with Crippen LogP contribution in [0, 0.1) is 0 Å². The molecule has 3 rings (SSSR count). The van der Waals surface area contributed by atoms with Crippen molar-refractivity contribution in [1.29, 1.82) is 0 Å². The Kier molecular flexibility index (Phi) is 4.93. The lowest BCUT2D eigenvalue weighted by atomic mass is 10.1. The van der Waals surface area contributed by atoms with E-state index < -0.39 is 5.91 Å². The van der Waals surface area contributed by atoms with E-state index in [1.54, 1.807) is 30.7 Å². The molecule has 1 amide bonds. The highest BCUT2D eigenvalue weighted by molar-refractivity contribution is 5.94. The van der Waals surface area contributed by atoms with Crippen LogP contribution in [0.5, 0.6) is 0 Å². The van der Waals surface area contributed by atoms with Crippen molar-refractivity contribution in [3.63, 3.8) is 0 Å². The monoisotopic (exact) mass is 350 g/mol. The molecule has 0 atom stereocenters. The molecule has 0 saturated heterocycles. The maximum absolute atomic E-state index is 11.5. The SMILES string of the molecule is C/C=C/c1cc(C(N)=O)ccc1N(Cc1cocn1)c1ccnc(N)n1. The molecular weight excluding hydrogens is 332 g/mol. The summed E-state index contributed by atoms with van der Waals surface area (Å²) < 4.78 is 5.07. The first-order chi connectivity index (χ1) is 12.6. The van der Waals surface area contributed by atoms with Crippen molar-refractivity contribution in [2.45, 2.75) is 13.5 Å². The van der Waals surface area contributed by atoms with Crippen LogP contribution in [0.25, 0.3) is 6.08 Å². The van der Waals surface area contributed by atoms with Crippen molar-refractivity contribution in [2.24, 2.45) is 5.73 Å². The average Bonchev–Trinajstić information content (AvgIpc) is 3.13. The van der Waals surface area contributed by atoms with E-state index in [-0.39, 0.29) is 5.95 Å². The van der Waals surface area contributed by atoms with Crippen LogP contribution >= 0.6 is 0 Å². The van der Waals surface area contributed by atoms with Gasteiger partial charge in [0.05, 0.1) is 17.9 Å². The molecule has 0 aliphatic carbocycles. The zero-order chi connectivity index (χ0) is 18.5. The summed E-state index contributed by atoms with van der Waals surface area (Å²) in [4.78, 5) is 25.9. The van der Waals surface area contributed by atoms with Gasteiger partial charge in [-0.25, -0.2) is 9.97 Å². The number of primary amides is 1. The van der Waals surface area contributed by atoms with Gasteiger partial charge in [0.15, 0.2) is 6.39 Å². The number of benzene rings is 1. The van der Waals surface area contributed by atoms with Gasteiger partial charge in [0, 0.05) is 11.8 Å². The quantitative estimate of drug-likeness (QED) is 0.700. The Balaban J connectivity index is 2.13. The molecule has 8 nitrogen and oxygen atoms in total. The van der Waals surface area contributed by atoms with Crippen LogP contribution in [0.1, 0.15) is 28.5 Å². The molecule has 0 radical (unpaired) electrons. The van der Waals surface area contributed by atoms with Gasteiger partial charge in [-0.15, -0.1) is 0 Å². The summed E-state index contributed by atoms with van der Waals surface area (Å²) in [5.74, 6) is 0.267. The van der Waals surface area contributed by atoms with Gasteiger partial charge in [-0.2, -0.15) is 4.98 Å². The average molecular weight is 350 g/mol. The highest BCUT2D eigenvalue weighted by Crippen LogP contribution is 2.31. The minimum Gasteiger partial charge on any atom is -0.451 e. The van der Waals surface area contributed by atoms with Gasteiger partial charge in [0.2, 0.25) is 11.9 Å². The fourth-order valence-corrected chi connectivity index (χ4v) is 2.55. The van der Waals surface area contributed by atoms with E-state index >= 15 is 0 Å². The highest BCUT2D eigenvalue weighted by Gasteiger charge is 2.17. The summed E-state index contributed by atoms with van der Waals surface area (Å²) in [7, 11) is 0.